The molecule has 1 saturated carbocycles. The molecule has 2 aromatic rings. The summed E-state index contributed by atoms with van der Waals surface area (Å²) < 4.78 is 7.26. The fourth-order valence-corrected chi connectivity index (χ4v) is 4.37. The number of aromatic nitrogens is 3. The van der Waals surface area contributed by atoms with Crippen molar-refractivity contribution in [2.75, 3.05) is 13.7 Å². The molecule has 0 spiro atoms. The summed E-state index contributed by atoms with van der Waals surface area (Å²) in [6.07, 6.45) is 7.71. The predicted octanol–water partition coefficient (Wildman–Crippen LogP) is 2.86. The van der Waals surface area contributed by atoms with Crippen molar-refractivity contribution in [2.24, 2.45) is 0 Å². The van der Waals surface area contributed by atoms with Crippen molar-refractivity contribution >= 4 is 5.91 Å². The van der Waals surface area contributed by atoms with Gasteiger partial charge < -0.3 is 14.6 Å². The van der Waals surface area contributed by atoms with Crippen LogP contribution in [-0.4, -0.2) is 34.3 Å². The average molecular weight is 354 g/mol. The number of rotatable bonds is 5. The Hall–Kier alpha value is -2.37. The second-order valence-corrected chi connectivity index (χ2v) is 7.45. The maximum absolute atomic E-state index is 12.8. The normalized spacial score (nSPS) is 18.3. The number of hydrogen-bond donors (Lipinski definition) is 1. The van der Waals surface area contributed by atoms with Crippen LogP contribution in [0.5, 0.6) is 5.75 Å². The van der Waals surface area contributed by atoms with E-state index in [9.17, 15) is 4.79 Å². The zero-order valence-corrected chi connectivity index (χ0v) is 15.3. The van der Waals surface area contributed by atoms with Crippen molar-refractivity contribution in [1.82, 2.24) is 20.1 Å². The van der Waals surface area contributed by atoms with Gasteiger partial charge in [-0.05, 0) is 43.4 Å². The van der Waals surface area contributed by atoms with Crippen LogP contribution >= 0.6 is 0 Å². The standard InChI is InChI=1S/C20H26N4O2/c1-26-16-9-7-15(8-10-16)20(11-3-4-12-20)14-21-19(25)18-23-22-17-6-2-5-13-24(17)18/h7-10H,2-6,11-14H2,1H3,(H,21,25). The van der Waals surface area contributed by atoms with Crippen molar-refractivity contribution in [3.63, 3.8) is 0 Å². The minimum Gasteiger partial charge on any atom is -0.497 e. The van der Waals surface area contributed by atoms with Gasteiger partial charge in [-0.15, -0.1) is 10.2 Å². The minimum atomic E-state index is -0.106. The largest absolute Gasteiger partial charge is 0.497 e. The quantitative estimate of drug-likeness (QED) is 0.896. The third-order valence-electron chi connectivity index (χ3n) is 5.91. The summed E-state index contributed by atoms with van der Waals surface area (Å²) in [6, 6.07) is 8.28. The monoisotopic (exact) mass is 354 g/mol. The number of benzene rings is 1. The Morgan fingerprint density at radius 1 is 1.15 bits per heavy atom. The number of fused-ring (bicyclic) bond motifs is 1. The summed E-state index contributed by atoms with van der Waals surface area (Å²) in [5.74, 6) is 2.15. The lowest BCUT2D eigenvalue weighted by Crippen LogP contribution is -2.40. The Balaban J connectivity index is 1.50. The molecule has 0 radical (unpaired) electrons. The van der Waals surface area contributed by atoms with E-state index in [4.69, 9.17) is 4.74 Å². The number of ether oxygens (including phenoxy) is 1. The molecule has 6 heteroatoms. The lowest BCUT2D eigenvalue weighted by Gasteiger charge is -2.30. The van der Waals surface area contributed by atoms with Crippen molar-refractivity contribution < 1.29 is 9.53 Å². The van der Waals surface area contributed by atoms with Crippen molar-refractivity contribution in [1.29, 1.82) is 0 Å². The van der Waals surface area contributed by atoms with Crippen LogP contribution in [-0.2, 0) is 18.4 Å². The maximum Gasteiger partial charge on any atom is 0.289 e. The first-order valence-corrected chi connectivity index (χ1v) is 9.57. The first-order chi connectivity index (χ1) is 12.7. The molecule has 26 heavy (non-hydrogen) atoms. The maximum atomic E-state index is 12.8. The highest BCUT2D eigenvalue weighted by Gasteiger charge is 2.36. The van der Waals surface area contributed by atoms with Crippen molar-refractivity contribution in [2.45, 2.75) is 56.9 Å². The van der Waals surface area contributed by atoms with E-state index in [1.807, 2.05) is 16.7 Å². The highest BCUT2D eigenvalue weighted by molar-refractivity contribution is 5.90. The van der Waals surface area contributed by atoms with Gasteiger partial charge in [0.15, 0.2) is 0 Å². The van der Waals surface area contributed by atoms with Crippen LogP contribution in [0.15, 0.2) is 24.3 Å². The molecular weight excluding hydrogens is 328 g/mol. The van der Waals surface area contributed by atoms with E-state index in [0.29, 0.717) is 12.4 Å². The van der Waals surface area contributed by atoms with E-state index in [2.05, 4.69) is 27.6 Å². The highest BCUT2D eigenvalue weighted by Crippen LogP contribution is 2.41. The van der Waals surface area contributed by atoms with E-state index in [0.717, 1.165) is 50.2 Å². The summed E-state index contributed by atoms with van der Waals surface area (Å²) in [4.78, 5) is 12.8. The molecule has 1 aliphatic heterocycles. The van der Waals surface area contributed by atoms with Gasteiger partial charge >= 0.3 is 0 Å². The van der Waals surface area contributed by atoms with E-state index in [-0.39, 0.29) is 11.3 Å². The molecule has 2 heterocycles. The second kappa shape index (κ2) is 7.09. The van der Waals surface area contributed by atoms with Crippen molar-refractivity contribution in [3.8, 4) is 5.75 Å². The van der Waals surface area contributed by atoms with Gasteiger partial charge in [-0.25, -0.2) is 0 Å². The van der Waals surface area contributed by atoms with E-state index >= 15 is 0 Å². The lowest BCUT2D eigenvalue weighted by atomic mass is 9.78. The number of nitrogens with one attached hydrogen (secondary N) is 1. The molecule has 138 valence electrons. The van der Waals surface area contributed by atoms with Gasteiger partial charge in [-0.1, -0.05) is 25.0 Å². The zero-order valence-electron chi connectivity index (χ0n) is 15.3. The van der Waals surface area contributed by atoms with Crippen LogP contribution in [0.1, 0.15) is 60.5 Å². The Kier molecular flexibility index (Phi) is 4.66. The third-order valence-corrected chi connectivity index (χ3v) is 5.91. The number of carbonyl (C=O) groups excluding carboxylic acids is 1. The van der Waals surface area contributed by atoms with Crippen LogP contribution in [0, 0.1) is 0 Å². The molecule has 1 N–H and O–H groups in total. The summed E-state index contributed by atoms with van der Waals surface area (Å²) in [5.41, 5.74) is 1.28. The number of methoxy groups -OCH3 is 1. The predicted molar refractivity (Wildman–Crippen MR) is 98.4 cm³/mol. The van der Waals surface area contributed by atoms with Crippen LogP contribution < -0.4 is 10.1 Å². The molecule has 0 bridgehead atoms. The first kappa shape index (κ1) is 17.1. The fourth-order valence-electron chi connectivity index (χ4n) is 4.37. The number of aryl methyl sites for hydroxylation is 1. The van der Waals surface area contributed by atoms with E-state index in [1.165, 1.54) is 18.4 Å². The van der Waals surface area contributed by atoms with Gasteiger partial charge in [-0.3, -0.25) is 4.79 Å². The second-order valence-electron chi connectivity index (χ2n) is 7.45. The van der Waals surface area contributed by atoms with Gasteiger partial charge in [0.2, 0.25) is 5.82 Å². The first-order valence-electron chi connectivity index (χ1n) is 9.57. The number of hydrogen-bond acceptors (Lipinski definition) is 4. The summed E-state index contributed by atoms with van der Waals surface area (Å²) in [6.45, 7) is 1.48. The molecular formula is C20H26N4O2. The Labute approximate surface area is 154 Å². The molecule has 1 amide bonds. The number of nitrogens with zero attached hydrogens (tertiary/aromatic N) is 3. The average Bonchev–Trinajstić information content (AvgIpc) is 3.34. The van der Waals surface area contributed by atoms with E-state index in [1.54, 1.807) is 7.11 Å². The Morgan fingerprint density at radius 3 is 2.65 bits per heavy atom. The van der Waals surface area contributed by atoms with Gasteiger partial charge in [0.25, 0.3) is 5.91 Å². The smallest absolute Gasteiger partial charge is 0.289 e. The molecule has 6 nitrogen and oxygen atoms in total. The molecule has 1 aliphatic carbocycles. The summed E-state index contributed by atoms with van der Waals surface area (Å²) in [7, 11) is 1.68. The number of amides is 1. The Bertz CT molecular complexity index is 776. The molecule has 1 aromatic carbocycles. The summed E-state index contributed by atoms with van der Waals surface area (Å²) in [5, 5.41) is 11.5. The summed E-state index contributed by atoms with van der Waals surface area (Å²) >= 11 is 0. The molecule has 0 saturated heterocycles. The van der Waals surface area contributed by atoms with E-state index < -0.39 is 0 Å². The van der Waals surface area contributed by atoms with Crippen molar-refractivity contribution in [3.05, 3.63) is 41.5 Å². The van der Waals surface area contributed by atoms with Crippen LogP contribution in [0.3, 0.4) is 0 Å². The zero-order chi connectivity index (χ0) is 18.0. The topological polar surface area (TPSA) is 69.0 Å². The molecule has 0 atom stereocenters. The SMILES string of the molecule is COc1ccc(C2(CNC(=O)c3nnc4n3CCCC4)CCCC2)cc1. The molecule has 2 aliphatic rings. The van der Waals surface area contributed by atoms with Gasteiger partial charge in [0, 0.05) is 24.9 Å². The van der Waals surface area contributed by atoms with Crippen LogP contribution in [0.2, 0.25) is 0 Å². The molecule has 1 aromatic heterocycles. The van der Waals surface area contributed by atoms with Crippen LogP contribution in [0.4, 0.5) is 0 Å². The lowest BCUT2D eigenvalue weighted by molar-refractivity contribution is 0.0927. The van der Waals surface area contributed by atoms with Gasteiger partial charge in [0.05, 0.1) is 7.11 Å². The third kappa shape index (κ3) is 3.08. The molecule has 1 fully saturated rings. The van der Waals surface area contributed by atoms with Crippen LogP contribution in [0.25, 0.3) is 0 Å². The fraction of sp³-hybridized carbons (Fsp3) is 0.550. The number of carbonyl (C=O) groups is 1. The van der Waals surface area contributed by atoms with Gasteiger partial charge in [0.1, 0.15) is 11.6 Å². The Morgan fingerprint density at radius 2 is 1.92 bits per heavy atom. The molecule has 4 rings (SSSR count). The molecule has 0 unspecified atom stereocenters. The van der Waals surface area contributed by atoms with Gasteiger partial charge in [-0.2, -0.15) is 0 Å². The highest BCUT2D eigenvalue weighted by atomic mass is 16.5. The minimum absolute atomic E-state index is 0.00663.